The van der Waals surface area contributed by atoms with E-state index in [0.717, 1.165) is 35.4 Å². The number of hydrogen-bond acceptors (Lipinski definition) is 6. The van der Waals surface area contributed by atoms with Gasteiger partial charge in [-0.1, -0.05) is 95.8 Å². The summed E-state index contributed by atoms with van der Waals surface area (Å²) < 4.78 is 24.7. The molecule has 0 fully saturated rings. The zero-order valence-corrected chi connectivity index (χ0v) is 29.0. The SMILES string of the molecule is CCCCCCCCCCCCCCOc1ccc(COC(=O)N(Cc2ccc[n+](CC)c2)C(=O)c2ccccc2OC)cc1OC. The highest BCUT2D eigenvalue weighted by Crippen LogP contribution is 2.29. The van der Waals surface area contributed by atoms with Crippen LogP contribution >= 0.6 is 0 Å². The van der Waals surface area contributed by atoms with Gasteiger partial charge in [-0.15, -0.1) is 0 Å². The molecule has 0 saturated carbocycles. The van der Waals surface area contributed by atoms with E-state index in [1.807, 2.05) is 48.1 Å². The zero-order chi connectivity index (χ0) is 33.7. The van der Waals surface area contributed by atoms with E-state index in [9.17, 15) is 9.59 Å². The van der Waals surface area contributed by atoms with Crippen LogP contribution in [0.5, 0.6) is 17.2 Å². The number of imide groups is 1. The van der Waals surface area contributed by atoms with Gasteiger partial charge in [0.2, 0.25) is 0 Å². The number of methoxy groups -OCH3 is 2. The van der Waals surface area contributed by atoms with Crippen LogP contribution in [-0.2, 0) is 24.4 Å². The summed E-state index contributed by atoms with van der Waals surface area (Å²) in [6.07, 6.45) is 18.7. The summed E-state index contributed by atoms with van der Waals surface area (Å²) in [5.74, 6) is 1.12. The summed E-state index contributed by atoms with van der Waals surface area (Å²) in [5, 5.41) is 0. The van der Waals surface area contributed by atoms with E-state index in [1.165, 1.54) is 71.3 Å². The molecule has 8 heteroatoms. The van der Waals surface area contributed by atoms with E-state index >= 15 is 0 Å². The van der Waals surface area contributed by atoms with Gasteiger partial charge in [0.25, 0.3) is 5.91 Å². The summed E-state index contributed by atoms with van der Waals surface area (Å²) >= 11 is 0. The van der Waals surface area contributed by atoms with Crippen LogP contribution < -0.4 is 18.8 Å². The van der Waals surface area contributed by atoms with Crippen molar-refractivity contribution in [1.82, 2.24) is 4.90 Å². The largest absolute Gasteiger partial charge is 0.496 e. The predicted molar refractivity (Wildman–Crippen MR) is 185 cm³/mol. The van der Waals surface area contributed by atoms with Crippen molar-refractivity contribution >= 4 is 12.0 Å². The van der Waals surface area contributed by atoms with E-state index in [-0.39, 0.29) is 18.7 Å². The Labute approximate surface area is 282 Å². The van der Waals surface area contributed by atoms with Crippen LogP contribution in [0.25, 0.3) is 0 Å². The number of pyridine rings is 1. The number of ether oxygens (including phenoxy) is 4. The standard InChI is InChI=1S/C39H55N2O6/c1-5-7-8-9-10-11-12-13-14-15-16-19-27-46-36-25-24-32(28-37(36)45-4)31-47-39(43)41(30-33-21-20-26-40(6-2)29-33)38(42)34-22-17-18-23-35(34)44-3/h17-18,20-26,28-29H,5-16,19,27,30-31H2,1-4H3/q+1. The van der Waals surface area contributed by atoms with Crippen molar-refractivity contribution < 1.29 is 33.1 Å². The van der Waals surface area contributed by atoms with Crippen molar-refractivity contribution in [2.45, 2.75) is 111 Å². The van der Waals surface area contributed by atoms with Crippen molar-refractivity contribution in [3.05, 3.63) is 83.7 Å². The molecular weight excluding hydrogens is 592 g/mol. The summed E-state index contributed by atoms with van der Waals surface area (Å²) in [4.78, 5) is 28.2. The molecule has 0 aliphatic heterocycles. The number of nitrogens with zero attached hydrogens (tertiary/aromatic N) is 2. The first-order chi connectivity index (χ1) is 23.0. The van der Waals surface area contributed by atoms with Gasteiger partial charge in [-0.2, -0.15) is 0 Å². The smallest absolute Gasteiger partial charge is 0.417 e. The molecule has 0 aliphatic carbocycles. The third-order valence-corrected chi connectivity index (χ3v) is 8.27. The molecule has 0 atom stereocenters. The Morgan fingerprint density at radius 3 is 2.02 bits per heavy atom. The van der Waals surface area contributed by atoms with E-state index in [1.54, 1.807) is 37.4 Å². The van der Waals surface area contributed by atoms with Gasteiger partial charge >= 0.3 is 6.09 Å². The normalized spacial score (nSPS) is 10.8. The summed E-state index contributed by atoms with van der Waals surface area (Å²) in [7, 11) is 3.09. The van der Waals surface area contributed by atoms with Gasteiger partial charge in [0, 0.05) is 11.6 Å². The fraction of sp³-hybridized carbons (Fsp3) is 0.513. The van der Waals surface area contributed by atoms with Crippen molar-refractivity contribution in [2.75, 3.05) is 20.8 Å². The first-order valence-corrected chi connectivity index (χ1v) is 17.4. The maximum atomic E-state index is 13.6. The van der Waals surface area contributed by atoms with Crippen LogP contribution in [0.2, 0.25) is 0 Å². The molecule has 2 amide bonds. The molecule has 256 valence electrons. The minimum Gasteiger partial charge on any atom is -0.496 e. The highest BCUT2D eigenvalue weighted by atomic mass is 16.6. The molecule has 8 nitrogen and oxygen atoms in total. The molecule has 0 unspecified atom stereocenters. The van der Waals surface area contributed by atoms with Gasteiger partial charge in [-0.05, 0) is 49.2 Å². The molecule has 0 bridgehead atoms. The molecular formula is C39H55N2O6+. The van der Waals surface area contributed by atoms with Gasteiger partial charge in [0.15, 0.2) is 23.9 Å². The lowest BCUT2D eigenvalue weighted by molar-refractivity contribution is -0.694. The zero-order valence-electron chi connectivity index (χ0n) is 29.0. The molecule has 1 aromatic heterocycles. The lowest BCUT2D eigenvalue weighted by Crippen LogP contribution is -2.38. The van der Waals surface area contributed by atoms with E-state index in [2.05, 4.69) is 6.92 Å². The second-order valence-corrected chi connectivity index (χ2v) is 11.9. The molecule has 0 saturated heterocycles. The minimum absolute atomic E-state index is 0.0341. The summed E-state index contributed by atoms with van der Waals surface area (Å²) in [5.41, 5.74) is 1.80. The van der Waals surface area contributed by atoms with Crippen LogP contribution in [0.3, 0.4) is 0 Å². The highest BCUT2D eigenvalue weighted by molar-refractivity contribution is 6.04. The third-order valence-electron chi connectivity index (χ3n) is 8.27. The Kier molecular flexibility index (Phi) is 17.2. The molecule has 0 radical (unpaired) electrons. The van der Waals surface area contributed by atoms with Gasteiger partial charge in [0.1, 0.15) is 18.9 Å². The van der Waals surface area contributed by atoms with Crippen LogP contribution in [-0.4, -0.2) is 37.7 Å². The van der Waals surface area contributed by atoms with Gasteiger partial charge in [-0.3, -0.25) is 4.79 Å². The molecule has 1 heterocycles. The first kappa shape index (κ1) is 37.4. The molecule has 2 aromatic carbocycles. The second-order valence-electron chi connectivity index (χ2n) is 11.9. The highest BCUT2D eigenvalue weighted by Gasteiger charge is 2.28. The quantitative estimate of drug-likeness (QED) is 0.0800. The number of rotatable bonds is 22. The van der Waals surface area contributed by atoms with Crippen LogP contribution in [0, 0.1) is 0 Å². The molecule has 0 N–H and O–H groups in total. The number of aryl methyl sites for hydroxylation is 1. The number of hydrogen-bond donors (Lipinski definition) is 0. The fourth-order valence-electron chi connectivity index (χ4n) is 5.50. The molecule has 3 rings (SSSR count). The molecule has 47 heavy (non-hydrogen) atoms. The average Bonchev–Trinajstić information content (AvgIpc) is 3.11. The van der Waals surface area contributed by atoms with Gasteiger partial charge < -0.3 is 18.9 Å². The molecule has 0 spiro atoms. The molecule has 0 aliphatic rings. The monoisotopic (exact) mass is 647 g/mol. The minimum atomic E-state index is -0.751. The van der Waals surface area contributed by atoms with Crippen molar-refractivity contribution in [3.63, 3.8) is 0 Å². The molecule has 3 aromatic rings. The second kappa shape index (κ2) is 21.7. The van der Waals surface area contributed by atoms with Crippen LogP contribution in [0.1, 0.15) is 112 Å². The van der Waals surface area contributed by atoms with Crippen LogP contribution in [0.15, 0.2) is 67.0 Å². The van der Waals surface area contributed by atoms with Crippen molar-refractivity contribution in [2.24, 2.45) is 0 Å². The number of para-hydroxylation sites is 1. The lowest BCUT2D eigenvalue weighted by atomic mass is 10.1. The Balaban J connectivity index is 1.51. The van der Waals surface area contributed by atoms with Gasteiger partial charge in [0.05, 0.1) is 32.9 Å². The Morgan fingerprint density at radius 2 is 1.36 bits per heavy atom. The van der Waals surface area contributed by atoms with Crippen molar-refractivity contribution in [3.8, 4) is 17.2 Å². The maximum absolute atomic E-state index is 13.6. The number of aromatic nitrogens is 1. The first-order valence-electron chi connectivity index (χ1n) is 17.4. The number of amides is 2. The van der Waals surface area contributed by atoms with Crippen LogP contribution in [0.4, 0.5) is 4.79 Å². The van der Waals surface area contributed by atoms with E-state index in [0.29, 0.717) is 23.9 Å². The number of unbranched alkanes of at least 4 members (excludes halogenated alkanes) is 11. The topological polar surface area (TPSA) is 78.2 Å². The average molecular weight is 648 g/mol. The predicted octanol–water partition coefficient (Wildman–Crippen LogP) is 9.07. The third kappa shape index (κ3) is 12.9. The summed E-state index contributed by atoms with van der Waals surface area (Å²) in [6.45, 7) is 5.69. The van der Waals surface area contributed by atoms with Gasteiger partial charge in [-0.25, -0.2) is 14.3 Å². The fourth-order valence-corrected chi connectivity index (χ4v) is 5.50. The Morgan fingerprint density at radius 1 is 0.702 bits per heavy atom. The van der Waals surface area contributed by atoms with Crippen molar-refractivity contribution in [1.29, 1.82) is 0 Å². The number of benzene rings is 2. The van der Waals surface area contributed by atoms with E-state index < -0.39 is 12.0 Å². The number of carbonyl (C=O) groups excluding carboxylic acids is 2. The Hall–Kier alpha value is -4.07. The number of carbonyl (C=O) groups is 2. The van der Waals surface area contributed by atoms with E-state index in [4.69, 9.17) is 18.9 Å². The maximum Gasteiger partial charge on any atom is 0.417 e. The Bertz CT molecular complexity index is 1360. The summed E-state index contributed by atoms with van der Waals surface area (Å²) in [6, 6.07) is 16.1. The lowest BCUT2D eigenvalue weighted by Gasteiger charge is -2.21.